The molecule has 0 radical (unpaired) electrons. The van der Waals surface area contributed by atoms with E-state index in [0.717, 1.165) is 19.4 Å². The van der Waals surface area contributed by atoms with E-state index in [9.17, 15) is 9.90 Å². The molecule has 0 bridgehead atoms. The summed E-state index contributed by atoms with van der Waals surface area (Å²) in [6.07, 6.45) is 2.56. The molecule has 2 rings (SSSR count). The number of hydrogen-bond donors (Lipinski definition) is 3. The maximum Gasteiger partial charge on any atom is 0.306 e. The normalized spacial score (nSPS) is 39.2. The van der Waals surface area contributed by atoms with Crippen LogP contribution < -0.4 is 11.3 Å². The van der Waals surface area contributed by atoms with Crippen molar-refractivity contribution in [3.8, 4) is 0 Å². The highest BCUT2D eigenvalue weighted by atomic mass is 16.6. The lowest BCUT2D eigenvalue weighted by molar-refractivity contribution is -0.141. The number of esters is 1. The standard InChI is InChI=1S/C10H18N2O3/c11-12-3-1-2-6-7-4-10(14)15-9(7)5-8(6)13/h6-9,12-13H,1-5,11H2/t6-,7-,8-,9+/m1/s1. The molecule has 4 N–H and O–H groups in total. The highest BCUT2D eigenvalue weighted by molar-refractivity contribution is 5.72. The minimum Gasteiger partial charge on any atom is -0.462 e. The molecule has 4 atom stereocenters. The third-order valence-electron chi connectivity index (χ3n) is 3.54. The molecule has 0 aromatic heterocycles. The molecule has 5 nitrogen and oxygen atoms in total. The molecular formula is C10H18N2O3. The molecule has 0 amide bonds. The number of hydrazine groups is 1. The molecule has 86 valence electrons. The summed E-state index contributed by atoms with van der Waals surface area (Å²) in [6.45, 7) is 0.745. The molecule has 0 spiro atoms. The lowest BCUT2D eigenvalue weighted by Crippen LogP contribution is -2.26. The first-order chi connectivity index (χ1) is 7.22. The highest BCUT2D eigenvalue weighted by Gasteiger charge is 2.48. The van der Waals surface area contributed by atoms with Crippen molar-refractivity contribution >= 4 is 5.97 Å². The van der Waals surface area contributed by atoms with Crippen LogP contribution in [0.15, 0.2) is 0 Å². The summed E-state index contributed by atoms with van der Waals surface area (Å²) in [5, 5.41) is 9.84. The van der Waals surface area contributed by atoms with Crippen LogP contribution in [-0.4, -0.2) is 29.8 Å². The lowest BCUT2D eigenvalue weighted by atomic mass is 9.88. The summed E-state index contributed by atoms with van der Waals surface area (Å²) in [5.74, 6) is 5.50. The lowest BCUT2D eigenvalue weighted by Gasteiger charge is -2.18. The Morgan fingerprint density at radius 2 is 2.40 bits per heavy atom. The number of rotatable bonds is 4. The van der Waals surface area contributed by atoms with Crippen molar-refractivity contribution < 1.29 is 14.6 Å². The van der Waals surface area contributed by atoms with Crippen molar-refractivity contribution in [2.45, 2.75) is 37.9 Å². The van der Waals surface area contributed by atoms with Gasteiger partial charge < -0.3 is 9.84 Å². The zero-order chi connectivity index (χ0) is 10.8. The maximum absolute atomic E-state index is 11.1. The Balaban J connectivity index is 1.89. The van der Waals surface area contributed by atoms with Crippen molar-refractivity contribution in [2.75, 3.05) is 6.54 Å². The number of hydrogen-bond acceptors (Lipinski definition) is 5. The van der Waals surface area contributed by atoms with Gasteiger partial charge in [-0.05, 0) is 18.8 Å². The van der Waals surface area contributed by atoms with Crippen LogP contribution >= 0.6 is 0 Å². The molecule has 5 heteroatoms. The highest BCUT2D eigenvalue weighted by Crippen LogP contribution is 2.43. The topological polar surface area (TPSA) is 84.6 Å². The Hall–Kier alpha value is -0.650. The molecule has 1 aliphatic heterocycles. The smallest absolute Gasteiger partial charge is 0.306 e. The molecule has 0 aromatic rings. The Morgan fingerprint density at radius 1 is 1.60 bits per heavy atom. The van der Waals surface area contributed by atoms with Crippen molar-refractivity contribution in [1.29, 1.82) is 0 Å². The van der Waals surface area contributed by atoms with Gasteiger partial charge in [0.2, 0.25) is 0 Å². The van der Waals surface area contributed by atoms with E-state index in [1.165, 1.54) is 0 Å². The number of ether oxygens (including phenoxy) is 1. The van der Waals surface area contributed by atoms with Gasteiger partial charge in [0, 0.05) is 18.9 Å². The van der Waals surface area contributed by atoms with E-state index in [1.54, 1.807) is 0 Å². The van der Waals surface area contributed by atoms with Gasteiger partial charge in [0.15, 0.2) is 0 Å². The number of nitrogens with two attached hydrogens (primary N) is 1. The van der Waals surface area contributed by atoms with Gasteiger partial charge in [-0.15, -0.1) is 0 Å². The predicted octanol–water partition coefficient (Wildman–Crippen LogP) is -0.458. The van der Waals surface area contributed by atoms with Crippen molar-refractivity contribution in [2.24, 2.45) is 17.7 Å². The third kappa shape index (κ3) is 2.14. The fourth-order valence-electron chi connectivity index (χ4n) is 2.82. The van der Waals surface area contributed by atoms with Crippen molar-refractivity contribution in [3.05, 3.63) is 0 Å². The van der Waals surface area contributed by atoms with Crippen LogP contribution in [0, 0.1) is 11.8 Å². The van der Waals surface area contributed by atoms with Crippen LogP contribution in [0.3, 0.4) is 0 Å². The van der Waals surface area contributed by atoms with Crippen LogP contribution in [0.5, 0.6) is 0 Å². The van der Waals surface area contributed by atoms with Crippen LogP contribution in [0.2, 0.25) is 0 Å². The minimum absolute atomic E-state index is 0.0386. The predicted molar refractivity (Wildman–Crippen MR) is 53.5 cm³/mol. The fraction of sp³-hybridized carbons (Fsp3) is 0.900. The van der Waals surface area contributed by atoms with Crippen LogP contribution in [0.1, 0.15) is 25.7 Å². The van der Waals surface area contributed by atoms with E-state index < -0.39 is 0 Å². The largest absolute Gasteiger partial charge is 0.462 e. The van der Waals surface area contributed by atoms with Gasteiger partial charge in [0.25, 0.3) is 0 Å². The van der Waals surface area contributed by atoms with Gasteiger partial charge in [-0.2, -0.15) is 0 Å². The second kappa shape index (κ2) is 4.47. The van der Waals surface area contributed by atoms with Crippen LogP contribution in [0.4, 0.5) is 0 Å². The quantitative estimate of drug-likeness (QED) is 0.255. The van der Waals surface area contributed by atoms with Gasteiger partial charge in [-0.3, -0.25) is 16.1 Å². The average Bonchev–Trinajstić information content (AvgIpc) is 2.65. The van der Waals surface area contributed by atoms with Gasteiger partial charge in [0.1, 0.15) is 6.10 Å². The number of fused-ring (bicyclic) bond motifs is 1. The minimum atomic E-state index is -0.314. The van der Waals surface area contributed by atoms with E-state index >= 15 is 0 Å². The molecule has 1 heterocycles. The van der Waals surface area contributed by atoms with E-state index in [1.807, 2.05) is 0 Å². The molecule has 0 aromatic carbocycles. The second-order valence-corrected chi connectivity index (χ2v) is 4.46. The second-order valence-electron chi connectivity index (χ2n) is 4.46. The first-order valence-electron chi connectivity index (χ1n) is 5.53. The van der Waals surface area contributed by atoms with Crippen LogP contribution in [0.25, 0.3) is 0 Å². The molecule has 2 aliphatic rings. The van der Waals surface area contributed by atoms with Gasteiger partial charge in [-0.1, -0.05) is 0 Å². The number of carbonyl (C=O) groups is 1. The Morgan fingerprint density at radius 3 is 3.13 bits per heavy atom. The van der Waals surface area contributed by atoms with Gasteiger partial charge >= 0.3 is 5.97 Å². The summed E-state index contributed by atoms with van der Waals surface area (Å²) in [7, 11) is 0. The molecule has 1 aliphatic carbocycles. The van der Waals surface area contributed by atoms with E-state index in [0.29, 0.717) is 12.8 Å². The zero-order valence-corrected chi connectivity index (χ0v) is 8.69. The third-order valence-corrected chi connectivity index (χ3v) is 3.54. The molecule has 2 fully saturated rings. The SMILES string of the molecule is NNCCC[C@@H]1[C@H]2CC(=O)O[C@H]2C[C@H]1O. The summed E-state index contributed by atoms with van der Waals surface area (Å²) in [6, 6.07) is 0. The Bertz CT molecular complexity index is 247. The van der Waals surface area contributed by atoms with Crippen LogP contribution in [-0.2, 0) is 9.53 Å². The average molecular weight is 214 g/mol. The molecule has 15 heavy (non-hydrogen) atoms. The molecule has 0 unspecified atom stereocenters. The number of aliphatic hydroxyl groups excluding tert-OH is 1. The zero-order valence-electron chi connectivity index (χ0n) is 8.69. The van der Waals surface area contributed by atoms with E-state index in [2.05, 4.69) is 5.43 Å². The monoisotopic (exact) mass is 214 g/mol. The molecule has 1 saturated heterocycles. The molecular weight excluding hydrogens is 196 g/mol. The first-order valence-corrected chi connectivity index (χ1v) is 5.53. The number of aliphatic hydroxyl groups is 1. The van der Waals surface area contributed by atoms with E-state index in [-0.39, 0.29) is 30.0 Å². The van der Waals surface area contributed by atoms with Crippen molar-refractivity contribution in [3.63, 3.8) is 0 Å². The van der Waals surface area contributed by atoms with Gasteiger partial charge in [-0.25, -0.2) is 0 Å². The number of nitrogens with one attached hydrogen (secondary N) is 1. The molecule has 1 saturated carbocycles. The Labute approximate surface area is 88.9 Å². The number of carbonyl (C=O) groups excluding carboxylic acids is 1. The summed E-state index contributed by atoms with van der Waals surface area (Å²) in [5.41, 5.74) is 2.60. The summed E-state index contributed by atoms with van der Waals surface area (Å²) in [4.78, 5) is 11.1. The Kier molecular flexibility index (Phi) is 3.23. The van der Waals surface area contributed by atoms with Gasteiger partial charge in [0.05, 0.1) is 12.5 Å². The summed E-state index contributed by atoms with van der Waals surface area (Å²) < 4.78 is 5.15. The van der Waals surface area contributed by atoms with Crippen molar-refractivity contribution in [1.82, 2.24) is 5.43 Å². The first kappa shape index (κ1) is 10.9. The fourth-order valence-corrected chi connectivity index (χ4v) is 2.82. The van der Waals surface area contributed by atoms with E-state index in [4.69, 9.17) is 10.6 Å². The summed E-state index contributed by atoms with van der Waals surface area (Å²) >= 11 is 0. The maximum atomic E-state index is 11.1.